The van der Waals surface area contributed by atoms with Gasteiger partial charge in [0.1, 0.15) is 9.77 Å². The number of thiophene rings is 1. The van der Waals surface area contributed by atoms with Crippen molar-refractivity contribution in [1.82, 2.24) is 4.72 Å². The molecule has 0 amide bonds. The molecule has 8 heteroatoms. The molecule has 0 aliphatic carbocycles. The molecular weight excluding hydrogens is 354 g/mol. The number of halogens is 1. The average Bonchev–Trinajstić information content (AvgIpc) is 2.73. The fourth-order valence-electron chi connectivity index (χ4n) is 1.52. The Labute approximate surface area is 125 Å². The van der Waals surface area contributed by atoms with Gasteiger partial charge in [-0.2, -0.15) is 0 Å². The Balaban J connectivity index is 2.91. The number of carbonyl (C=O) groups is 1. The maximum atomic E-state index is 12.1. The van der Waals surface area contributed by atoms with E-state index in [4.69, 9.17) is 5.11 Å². The predicted molar refractivity (Wildman–Crippen MR) is 78.2 cm³/mol. The van der Waals surface area contributed by atoms with Crippen molar-refractivity contribution in [3.05, 3.63) is 14.7 Å². The number of rotatable bonds is 7. The summed E-state index contributed by atoms with van der Waals surface area (Å²) in [4.78, 5) is 10.8. The summed E-state index contributed by atoms with van der Waals surface area (Å²) in [7, 11) is -3.67. The summed E-state index contributed by atoms with van der Waals surface area (Å²) < 4.78 is 27.0. The van der Waals surface area contributed by atoms with Gasteiger partial charge in [-0.05, 0) is 27.9 Å². The van der Waals surface area contributed by atoms with Crippen LogP contribution in [0.2, 0.25) is 0 Å². The summed E-state index contributed by atoms with van der Waals surface area (Å²) in [5.74, 6) is -0.849. The maximum absolute atomic E-state index is 12.1. The molecule has 0 bridgehead atoms. The third kappa shape index (κ3) is 4.27. The Hall–Kier alpha value is -0.440. The molecule has 0 saturated heterocycles. The summed E-state index contributed by atoms with van der Waals surface area (Å²) in [6.07, 6.45) is 1.79. The topological polar surface area (TPSA) is 83.5 Å². The van der Waals surface area contributed by atoms with Crippen LogP contribution in [0.5, 0.6) is 0 Å². The number of hydrogen-bond acceptors (Lipinski definition) is 4. The molecular formula is C11H16BrNO4S2. The summed E-state index contributed by atoms with van der Waals surface area (Å²) in [6, 6.07) is 1.17. The SMILES string of the molecule is CCC(CC)CNS(=O)(=O)c1cc(C(=O)O)sc1Br. The number of aromatic carboxylic acids is 1. The normalized spacial score (nSPS) is 12.0. The number of nitrogens with one attached hydrogen (secondary N) is 1. The zero-order chi connectivity index (χ0) is 14.6. The van der Waals surface area contributed by atoms with Crippen molar-refractivity contribution in [3.63, 3.8) is 0 Å². The number of carboxylic acids is 1. The lowest BCUT2D eigenvalue weighted by Crippen LogP contribution is -2.29. The van der Waals surface area contributed by atoms with Gasteiger partial charge >= 0.3 is 5.97 Å². The molecule has 1 heterocycles. The fourth-order valence-corrected chi connectivity index (χ4v) is 5.04. The first-order chi connectivity index (χ1) is 8.81. The van der Waals surface area contributed by atoms with Gasteiger partial charge in [-0.1, -0.05) is 26.7 Å². The zero-order valence-electron chi connectivity index (χ0n) is 10.6. The maximum Gasteiger partial charge on any atom is 0.345 e. The van der Waals surface area contributed by atoms with E-state index in [9.17, 15) is 13.2 Å². The lowest BCUT2D eigenvalue weighted by molar-refractivity contribution is 0.0702. The Morgan fingerprint density at radius 1 is 1.47 bits per heavy atom. The van der Waals surface area contributed by atoms with Crippen LogP contribution >= 0.6 is 27.3 Å². The molecule has 2 N–H and O–H groups in total. The summed E-state index contributed by atoms with van der Waals surface area (Å²) in [5.41, 5.74) is 0. The van der Waals surface area contributed by atoms with E-state index in [2.05, 4.69) is 20.7 Å². The van der Waals surface area contributed by atoms with E-state index in [0.717, 1.165) is 24.2 Å². The van der Waals surface area contributed by atoms with E-state index in [1.807, 2.05) is 13.8 Å². The lowest BCUT2D eigenvalue weighted by atomic mass is 10.0. The minimum Gasteiger partial charge on any atom is -0.477 e. The monoisotopic (exact) mass is 369 g/mol. The summed E-state index contributed by atoms with van der Waals surface area (Å²) >= 11 is 3.99. The standard InChI is InChI=1S/C11H16BrNO4S2/c1-3-7(4-2)6-13-19(16,17)9-5-8(11(14)15)18-10(9)12/h5,7,13H,3-4,6H2,1-2H3,(H,14,15). The highest BCUT2D eigenvalue weighted by molar-refractivity contribution is 9.11. The molecule has 108 valence electrons. The van der Waals surface area contributed by atoms with Crippen LogP contribution in [-0.2, 0) is 10.0 Å². The van der Waals surface area contributed by atoms with Crippen molar-refractivity contribution in [2.75, 3.05) is 6.54 Å². The van der Waals surface area contributed by atoms with Gasteiger partial charge in [0.05, 0.1) is 3.79 Å². The molecule has 19 heavy (non-hydrogen) atoms. The molecule has 0 spiro atoms. The van der Waals surface area contributed by atoms with Crippen LogP contribution in [0.25, 0.3) is 0 Å². The van der Waals surface area contributed by atoms with E-state index < -0.39 is 16.0 Å². The van der Waals surface area contributed by atoms with Gasteiger partial charge in [-0.15, -0.1) is 11.3 Å². The smallest absolute Gasteiger partial charge is 0.345 e. The summed E-state index contributed by atoms with van der Waals surface area (Å²) in [5, 5.41) is 8.86. The van der Waals surface area contributed by atoms with Crippen LogP contribution in [0.15, 0.2) is 14.7 Å². The molecule has 0 atom stereocenters. The number of sulfonamides is 1. The largest absolute Gasteiger partial charge is 0.477 e. The van der Waals surface area contributed by atoms with Crippen LogP contribution in [0.4, 0.5) is 0 Å². The van der Waals surface area contributed by atoms with Crippen LogP contribution in [0.1, 0.15) is 36.4 Å². The van der Waals surface area contributed by atoms with Crippen molar-refractivity contribution < 1.29 is 18.3 Å². The van der Waals surface area contributed by atoms with Crippen LogP contribution in [0.3, 0.4) is 0 Å². The van der Waals surface area contributed by atoms with Gasteiger partial charge in [0.25, 0.3) is 0 Å². The molecule has 0 unspecified atom stereocenters. The Morgan fingerprint density at radius 2 is 2.05 bits per heavy atom. The van der Waals surface area contributed by atoms with Crippen molar-refractivity contribution in [1.29, 1.82) is 0 Å². The Bertz CT molecular complexity index is 549. The van der Waals surface area contributed by atoms with E-state index in [1.165, 1.54) is 6.07 Å². The van der Waals surface area contributed by atoms with Crippen LogP contribution in [-0.4, -0.2) is 26.0 Å². The van der Waals surface area contributed by atoms with Crippen molar-refractivity contribution in [2.45, 2.75) is 31.6 Å². The Morgan fingerprint density at radius 3 is 2.47 bits per heavy atom. The first kappa shape index (κ1) is 16.6. The van der Waals surface area contributed by atoms with E-state index in [0.29, 0.717) is 10.3 Å². The highest BCUT2D eigenvalue weighted by Gasteiger charge is 2.23. The van der Waals surface area contributed by atoms with Crippen LogP contribution in [0, 0.1) is 5.92 Å². The minimum atomic E-state index is -3.67. The van der Waals surface area contributed by atoms with Gasteiger partial charge in [-0.3, -0.25) is 0 Å². The second-order valence-corrected chi connectivity index (χ2v) is 8.19. The van der Waals surface area contributed by atoms with Crippen molar-refractivity contribution in [2.24, 2.45) is 5.92 Å². The molecule has 1 aromatic heterocycles. The average molecular weight is 370 g/mol. The first-order valence-electron chi connectivity index (χ1n) is 5.84. The van der Waals surface area contributed by atoms with Gasteiger partial charge < -0.3 is 5.11 Å². The zero-order valence-corrected chi connectivity index (χ0v) is 13.9. The quantitative estimate of drug-likeness (QED) is 0.773. The van der Waals surface area contributed by atoms with E-state index in [-0.39, 0.29) is 15.7 Å². The van der Waals surface area contributed by atoms with E-state index in [1.54, 1.807) is 0 Å². The van der Waals surface area contributed by atoms with Gasteiger partial charge in [0.2, 0.25) is 10.0 Å². The molecule has 0 aliphatic heterocycles. The summed E-state index contributed by atoms with van der Waals surface area (Å²) in [6.45, 7) is 4.37. The molecule has 0 aliphatic rings. The molecule has 0 fully saturated rings. The number of hydrogen-bond donors (Lipinski definition) is 2. The van der Waals surface area contributed by atoms with Gasteiger partial charge in [-0.25, -0.2) is 17.9 Å². The van der Waals surface area contributed by atoms with E-state index >= 15 is 0 Å². The predicted octanol–water partition coefficient (Wildman–Crippen LogP) is 2.92. The highest BCUT2D eigenvalue weighted by Crippen LogP contribution is 2.31. The van der Waals surface area contributed by atoms with Crippen molar-refractivity contribution in [3.8, 4) is 0 Å². The van der Waals surface area contributed by atoms with Crippen molar-refractivity contribution >= 4 is 43.3 Å². The molecule has 5 nitrogen and oxygen atoms in total. The lowest BCUT2D eigenvalue weighted by Gasteiger charge is -2.13. The Kier molecular flexibility index (Phi) is 5.97. The second-order valence-electron chi connectivity index (χ2n) is 4.09. The number of carboxylic acid groups (broad SMARTS) is 1. The molecule has 0 saturated carbocycles. The highest BCUT2D eigenvalue weighted by atomic mass is 79.9. The second kappa shape index (κ2) is 6.83. The molecule has 0 aromatic carbocycles. The van der Waals surface area contributed by atoms with Gasteiger partial charge in [0, 0.05) is 6.54 Å². The first-order valence-corrected chi connectivity index (χ1v) is 8.93. The van der Waals surface area contributed by atoms with Crippen LogP contribution < -0.4 is 4.72 Å². The molecule has 0 radical (unpaired) electrons. The molecule has 1 aromatic rings. The minimum absolute atomic E-state index is 0.00483. The third-order valence-corrected chi connectivity index (χ3v) is 6.54. The van der Waals surface area contributed by atoms with Gasteiger partial charge in [0.15, 0.2) is 0 Å². The fraction of sp³-hybridized carbons (Fsp3) is 0.545. The molecule has 1 rings (SSSR count). The third-order valence-electron chi connectivity index (χ3n) is 2.87.